The first-order valence-corrected chi connectivity index (χ1v) is 4.57. The van der Waals surface area contributed by atoms with Gasteiger partial charge in [-0.3, -0.25) is 0 Å². The molecule has 5 nitrogen and oxygen atoms in total. The van der Waals surface area contributed by atoms with Crippen molar-refractivity contribution in [3.8, 4) is 0 Å². The number of aliphatic hydroxyl groups excluding tert-OH is 1. The Kier molecular flexibility index (Phi) is 4.28. The molecule has 0 saturated carbocycles. The monoisotopic (exact) mass is 206 g/mol. The first-order valence-electron chi connectivity index (χ1n) is 4.57. The number of hydrogen-bond acceptors (Lipinski definition) is 5. The summed E-state index contributed by atoms with van der Waals surface area (Å²) in [7, 11) is 4.60. The summed E-state index contributed by atoms with van der Waals surface area (Å²) < 4.78 is 20.9. The second kappa shape index (κ2) is 5.04. The molecule has 84 valence electrons. The minimum atomic E-state index is -0.698. The lowest BCUT2D eigenvalue weighted by molar-refractivity contribution is -0.295. The molecule has 0 amide bonds. The molecule has 1 fully saturated rings. The first-order chi connectivity index (χ1) is 6.65. The van der Waals surface area contributed by atoms with E-state index in [-0.39, 0.29) is 6.10 Å². The Bertz CT molecular complexity index is 171. The number of ether oxygens (including phenoxy) is 4. The van der Waals surface area contributed by atoms with E-state index in [1.165, 1.54) is 21.3 Å². The van der Waals surface area contributed by atoms with Gasteiger partial charge in [0.1, 0.15) is 18.3 Å². The van der Waals surface area contributed by atoms with Crippen LogP contribution in [0, 0.1) is 0 Å². The van der Waals surface area contributed by atoms with Gasteiger partial charge < -0.3 is 24.1 Å². The van der Waals surface area contributed by atoms with Crippen LogP contribution in [0.1, 0.15) is 6.92 Å². The third-order valence-corrected chi connectivity index (χ3v) is 2.54. The van der Waals surface area contributed by atoms with Gasteiger partial charge in [-0.05, 0) is 6.92 Å². The molecule has 1 saturated heterocycles. The molecule has 0 radical (unpaired) electrons. The number of hydrogen-bond donors (Lipinski definition) is 1. The third-order valence-electron chi connectivity index (χ3n) is 2.54. The molecule has 5 heteroatoms. The van der Waals surface area contributed by atoms with Gasteiger partial charge >= 0.3 is 0 Å². The fourth-order valence-electron chi connectivity index (χ4n) is 1.69. The van der Waals surface area contributed by atoms with Gasteiger partial charge in [0.05, 0.1) is 6.10 Å². The van der Waals surface area contributed by atoms with E-state index in [1.807, 2.05) is 0 Å². The van der Waals surface area contributed by atoms with Crippen LogP contribution in [0.5, 0.6) is 0 Å². The Hall–Kier alpha value is -0.200. The minimum Gasteiger partial charge on any atom is -0.388 e. The van der Waals surface area contributed by atoms with Gasteiger partial charge in [-0.2, -0.15) is 0 Å². The molecule has 0 aliphatic carbocycles. The van der Waals surface area contributed by atoms with E-state index < -0.39 is 24.6 Å². The van der Waals surface area contributed by atoms with Gasteiger partial charge in [-0.1, -0.05) is 0 Å². The van der Waals surface area contributed by atoms with Crippen LogP contribution in [0.3, 0.4) is 0 Å². The Balaban J connectivity index is 2.75. The van der Waals surface area contributed by atoms with Crippen molar-refractivity contribution < 1.29 is 24.1 Å². The van der Waals surface area contributed by atoms with Crippen molar-refractivity contribution in [3.63, 3.8) is 0 Å². The van der Waals surface area contributed by atoms with Crippen LogP contribution >= 0.6 is 0 Å². The van der Waals surface area contributed by atoms with E-state index in [0.717, 1.165) is 0 Å². The number of rotatable bonds is 3. The molecule has 1 aliphatic rings. The van der Waals surface area contributed by atoms with Crippen LogP contribution in [0.25, 0.3) is 0 Å². The molecule has 0 aromatic rings. The zero-order chi connectivity index (χ0) is 10.7. The second-order valence-corrected chi connectivity index (χ2v) is 3.34. The van der Waals surface area contributed by atoms with E-state index in [1.54, 1.807) is 6.92 Å². The van der Waals surface area contributed by atoms with Crippen LogP contribution in [0.4, 0.5) is 0 Å². The number of methoxy groups -OCH3 is 3. The molecule has 0 unspecified atom stereocenters. The van der Waals surface area contributed by atoms with Gasteiger partial charge in [-0.15, -0.1) is 0 Å². The fourth-order valence-corrected chi connectivity index (χ4v) is 1.69. The highest BCUT2D eigenvalue weighted by Gasteiger charge is 2.44. The average Bonchev–Trinajstić information content (AvgIpc) is 2.20. The summed E-state index contributed by atoms with van der Waals surface area (Å²) in [5, 5.41) is 9.77. The highest BCUT2D eigenvalue weighted by molar-refractivity contribution is 4.89. The third kappa shape index (κ3) is 2.07. The summed E-state index contributed by atoms with van der Waals surface area (Å²) >= 11 is 0. The van der Waals surface area contributed by atoms with E-state index in [0.29, 0.717) is 0 Å². The molecule has 1 heterocycles. The van der Waals surface area contributed by atoms with Gasteiger partial charge in [0.2, 0.25) is 0 Å². The summed E-state index contributed by atoms with van der Waals surface area (Å²) in [5.74, 6) is 0. The quantitative estimate of drug-likeness (QED) is 0.691. The molecule has 0 spiro atoms. The maximum absolute atomic E-state index is 9.77. The lowest BCUT2D eigenvalue weighted by Crippen LogP contribution is -2.58. The summed E-state index contributed by atoms with van der Waals surface area (Å²) in [6.45, 7) is 1.77. The Labute approximate surface area is 83.9 Å². The molecule has 1 aliphatic heterocycles. The van der Waals surface area contributed by atoms with Crippen molar-refractivity contribution in [1.29, 1.82) is 0 Å². The van der Waals surface area contributed by atoms with Crippen molar-refractivity contribution in [1.82, 2.24) is 0 Å². The fraction of sp³-hybridized carbons (Fsp3) is 1.00. The van der Waals surface area contributed by atoms with Crippen molar-refractivity contribution in [2.24, 2.45) is 0 Å². The van der Waals surface area contributed by atoms with Crippen molar-refractivity contribution >= 4 is 0 Å². The number of aliphatic hydroxyl groups is 1. The molecule has 0 aromatic carbocycles. The van der Waals surface area contributed by atoms with Crippen LogP contribution < -0.4 is 0 Å². The Morgan fingerprint density at radius 1 is 1.00 bits per heavy atom. The van der Waals surface area contributed by atoms with E-state index >= 15 is 0 Å². The molecular weight excluding hydrogens is 188 g/mol. The topological polar surface area (TPSA) is 57.2 Å². The van der Waals surface area contributed by atoms with Crippen LogP contribution in [0.15, 0.2) is 0 Å². The Morgan fingerprint density at radius 3 is 2.00 bits per heavy atom. The average molecular weight is 206 g/mol. The largest absolute Gasteiger partial charge is 0.388 e. The smallest absolute Gasteiger partial charge is 0.186 e. The zero-order valence-electron chi connectivity index (χ0n) is 8.97. The van der Waals surface area contributed by atoms with E-state index in [9.17, 15) is 5.11 Å². The van der Waals surface area contributed by atoms with Gasteiger partial charge in [0, 0.05) is 21.3 Å². The lowest BCUT2D eigenvalue weighted by atomic mass is 9.99. The van der Waals surface area contributed by atoms with Gasteiger partial charge in [-0.25, -0.2) is 0 Å². The van der Waals surface area contributed by atoms with Crippen LogP contribution in [0.2, 0.25) is 0 Å². The lowest BCUT2D eigenvalue weighted by Gasteiger charge is -2.41. The van der Waals surface area contributed by atoms with Crippen molar-refractivity contribution in [2.75, 3.05) is 21.3 Å². The van der Waals surface area contributed by atoms with Crippen molar-refractivity contribution in [2.45, 2.75) is 37.6 Å². The second-order valence-electron chi connectivity index (χ2n) is 3.34. The van der Waals surface area contributed by atoms with Crippen LogP contribution in [-0.2, 0) is 18.9 Å². The first kappa shape index (κ1) is 11.9. The van der Waals surface area contributed by atoms with E-state index in [4.69, 9.17) is 18.9 Å². The van der Waals surface area contributed by atoms with Gasteiger partial charge in [0.25, 0.3) is 0 Å². The standard InChI is InChI=1S/C9H18O5/c1-5-6(10)7(11-2)8(12-3)9(13-4)14-5/h5-10H,1-4H3/t5-,6+,7+,8-,9+/m0/s1. The molecular formula is C9H18O5. The van der Waals surface area contributed by atoms with Crippen molar-refractivity contribution in [3.05, 3.63) is 0 Å². The molecule has 0 aromatic heterocycles. The summed E-state index contributed by atoms with van der Waals surface area (Å²) in [6, 6.07) is 0. The van der Waals surface area contributed by atoms with E-state index in [2.05, 4.69) is 0 Å². The summed E-state index contributed by atoms with van der Waals surface area (Å²) in [5.41, 5.74) is 0. The molecule has 1 N–H and O–H groups in total. The normalized spacial score (nSPS) is 43.9. The molecule has 0 bridgehead atoms. The van der Waals surface area contributed by atoms with Crippen LogP contribution in [-0.4, -0.2) is 57.1 Å². The maximum Gasteiger partial charge on any atom is 0.186 e. The molecule has 14 heavy (non-hydrogen) atoms. The summed E-state index contributed by atoms with van der Waals surface area (Å²) in [4.78, 5) is 0. The Morgan fingerprint density at radius 2 is 1.57 bits per heavy atom. The predicted octanol–water partition coefficient (Wildman–Crippen LogP) is -0.232. The zero-order valence-corrected chi connectivity index (χ0v) is 8.97. The molecule has 5 atom stereocenters. The van der Waals surface area contributed by atoms with Gasteiger partial charge in [0.15, 0.2) is 6.29 Å². The minimum absolute atomic E-state index is 0.323. The predicted molar refractivity (Wildman–Crippen MR) is 48.9 cm³/mol. The highest BCUT2D eigenvalue weighted by Crippen LogP contribution is 2.25. The maximum atomic E-state index is 9.77. The highest BCUT2D eigenvalue weighted by atomic mass is 16.7. The molecule has 1 rings (SSSR count). The summed E-state index contributed by atoms with van der Waals surface area (Å²) in [6.07, 6.45) is -2.35. The SMILES string of the molecule is CO[C@@H]1O[C@@H](C)[C@@H](O)[C@@H](OC)[C@@H]1OC.